The van der Waals surface area contributed by atoms with E-state index in [0.29, 0.717) is 18.9 Å². The van der Waals surface area contributed by atoms with Crippen LogP contribution in [0.15, 0.2) is 4.99 Å². The van der Waals surface area contributed by atoms with Crippen molar-refractivity contribution in [2.45, 2.75) is 34.1 Å². The smallest absolute Gasteiger partial charge is 0.221 e. The Balaban J connectivity index is 2.15. The van der Waals surface area contributed by atoms with Crippen molar-refractivity contribution >= 4 is 11.9 Å². The van der Waals surface area contributed by atoms with E-state index in [2.05, 4.69) is 48.6 Å². The highest BCUT2D eigenvalue weighted by Crippen LogP contribution is 2.15. The molecule has 0 bridgehead atoms. The number of nitrogens with zero attached hydrogens (tertiary/aromatic N) is 1. The molecule has 1 rings (SSSR count). The molecule has 0 unspecified atom stereocenters. The standard InChI is InChI=1S/C13H26N4O/c1-10(2)7-15-11(18)5-6-14-12-16-8-13(3,4)9-17-12/h10H,5-9H2,1-4H3,(H,15,18)(H2,14,16,17). The molecule has 1 aliphatic heterocycles. The Bertz CT molecular complexity index is 310. The molecule has 0 atom stereocenters. The Morgan fingerprint density at radius 1 is 1.50 bits per heavy atom. The first-order chi connectivity index (χ1) is 8.39. The summed E-state index contributed by atoms with van der Waals surface area (Å²) in [6.45, 7) is 11.6. The van der Waals surface area contributed by atoms with E-state index in [1.807, 2.05) is 0 Å². The van der Waals surface area contributed by atoms with E-state index >= 15 is 0 Å². The fraction of sp³-hybridized carbons (Fsp3) is 0.846. The second-order valence-electron chi connectivity index (χ2n) is 6.06. The molecule has 0 saturated heterocycles. The van der Waals surface area contributed by atoms with Crippen molar-refractivity contribution in [3.63, 3.8) is 0 Å². The first-order valence-corrected chi connectivity index (χ1v) is 6.68. The van der Waals surface area contributed by atoms with Gasteiger partial charge in [-0.05, 0) is 5.92 Å². The molecule has 0 radical (unpaired) electrons. The van der Waals surface area contributed by atoms with E-state index in [0.717, 1.165) is 25.6 Å². The lowest BCUT2D eigenvalue weighted by Gasteiger charge is -2.29. The van der Waals surface area contributed by atoms with Gasteiger partial charge in [0.2, 0.25) is 5.91 Å². The minimum absolute atomic E-state index is 0.0907. The number of carbonyl (C=O) groups is 1. The van der Waals surface area contributed by atoms with Crippen molar-refractivity contribution in [3.05, 3.63) is 0 Å². The molecular formula is C13H26N4O. The molecule has 104 valence electrons. The lowest BCUT2D eigenvalue weighted by Crippen LogP contribution is -2.48. The topological polar surface area (TPSA) is 65.5 Å². The molecule has 18 heavy (non-hydrogen) atoms. The van der Waals surface area contributed by atoms with Crippen LogP contribution in [0.5, 0.6) is 0 Å². The van der Waals surface area contributed by atoms with E-state index in [1.54, 1.807) is 0 Å². The fourth-order valence-corrected chi connectivity index (χ4v) is 1.55. The summed E-state index contributed by atoms with van der Waals surface area (Å²) in [5.74, 6) is 1.40. The molecule has 3 N–H and O–H groups in total. The van der Waals surface area contributed by atoms with Gasteiger partial charge in [-0.1, -0.05) is 27.7 Å². The molecule has 0 aromatic heterocycles. The highest BCUT2D eigenvalue weighted by Gasteiger charge is 2.21. The number of aliphatic imine (C=N–C) groups is 1. The van der Waals surface area contributed by atoms with E-state index in [9.17, 15) is 4.79 Å². The van der Waals surface area contributed by atoms with Gasteiger partial charge in [0, 0.05) is 38.0 Å². The molecule has 0 aliphatic carbocycles. The van der Waals surface area contributed by atoms with Gasteiger partial charge in [0.25, 0.3) is 0 Å². The molecule has 0 aromatic rings. The van der Waals surface area contributed by atoms with Crippen LogP contribution in [0.1, 0.15) is 34.1 Å². The predicted octanol–water partition coefficient (Wildman–Crippen LogP) is 0.724. The third kappa shape index (κ3) is 5.89. The predicted molar refractivity (Wildman–Crippen MR) is 74.6 cm³/mol. The van der Waals surface area contributed by atoms with Crippen LogP contribution >= 0.6 is 0 Å². The van der Waals surface area contributed by atoms with E-state index < -0.39 is 0 Å². The van der Waals surface area contributed by atoms with E-state index in [1.165, 1.54) is 0 Å². The summed E-state index contributed by atoms with van der Waals surface area (Å²) in [6.07, 6.45) is 0.483. The average molecular weight is 254 g/mol. The molecule has 1 amide bonds. The summed E-state index contributed by atoms with van der Waals surface area (Å²) in [5.41, 5.74) is 0.222. The maximum atomic E-state index is 11.5. The molecule has 0 spiro atoms. The Kier molecular flexibility index (Phi) is 5.44. The molecule has 0 saturated carbocycles. The SMILES string of the molecule is CC(C)CNC(=O)CCNC1=NCC(C)(C)CN1. The van der Waals surface area contributed by atoms with Gasteiger partial charge in [0.05, 0.1) is 0 Å². The van der Waals surface area contributed by atoms with Crippen LogP contribution in [0.25, 0.3) is 0 Å². The number of amides is 1. The second kappa shape index (κ2) is 6.61. The molecule has 1 aliphatic rings. The van der Waals surface area contributed by atoms with Crippen LogP contribution in [-0.4, -0.2) is 38.0 Å². The van der Waals surface area contributed by atoms with Gasteiger partial charge in [-0.25, -0.2) is 0 Å². The summed E-state index contributed by atoms with van der Waals surface area (Å²) >= 11 is 0. The van der Waals surface area contributed by atoms with Crippen molar-refractivity contribution in [2.75, 3.05) is 26.2 Å². The van der Waals surface area contributed by atoms with Gasteiger partial charge in [-0.2, -0.15) is 0 Å². The quantitative estimate of drug-likeness (QED) is 0.677. The number of rotatable bonds is 5. The molecular weight excluding hydrogens is 228 g/mol. The highest BCUT2D eigenvalue weighted by atomic mass is 16.1. The van der Waals surface area contributed by atoms with Gasteiger partial charge >= 0.3 is 0 Å². The van der Waals surface area contributed by atoms with Crippen molar-refractivity contribution in [1.29, 1.82) is 0 Å². The molecule has 5 heteroatoms. The number of hydrogen-bond donors (Lipinski definition) is 3. The lowest BCUT2D eigenvalue weighted by atomic mass is 9.93. The zero-order chi connectivity index (χ0) is 13.6. The third-order valence-corrected chi connectivity index (χ3v) is 2.75. The largest absolute Gasteiger partial charge is 0.356 e. The van der Waals surface area contributed by atoms with E-state index in [4.69, 9.17) is 0 Å². The van der Waals surface area contributed by atoms with Crippen LogP contribution in [-0.2, 0) is 4.79 Å². The second-order valence-corrected chi connectivity index (χ2v) is 6.06. The zero-order valence-corrected chi connectivity index (χ0v) is 12.0. The van der Waals surface area contributed by atoms with Crippen LogP contribution < -0.4 is 16.0 Å². The van der Waals surface area contributed by atoms with Gasteiger partial charge in [-0.3, -0.25) is 9.79 Å². The van der Waals surface area contributed by atoms with E-state index in [-0.39, 0.29) is 11.3 Å². The minimum atomic E-state index is 0.0907. The summed E-state index contributed by atoms with van der Waals surface area (Å²) < 4.78 is 0. The van der Waals surface area contributed by atoms with Crippen molar-refractivity contribution < 1.29 is 4.79 Å². The number of guanidine groups is 1. The average Bonchev–Trinajstić information content (AvgIpc) is 2.29. The number of nitrogens with one attached hydrogen (secondary N) is 3. The first kappa shape index (κ1) is 14.8. The molecule has 0 fully saturated rings. The highest BCUT2D eigenvalue weighted by molar-refractivity contribution is 5.81. The first-order valence-electron chi connectivity index (χ1n) is 6.68. The minimum Gasteiger partial charge on any atom is -0.356 e. The maximum absolute atomic E-state index is 11.5. The maximum Gasteiger partial charge on any atom is 0.221 e. The van der Waals surface area contributed by atoms with Gasteiger partial charge < -0.3 is 16.0 Å². The summed E-state index contributed by atoms with van der Waals surface area (Å²) in [5, 5.41) is 9.29. The molecule has 1 heterocycles. The van der Waals surface area contributed by atoms with Crippen LogP contribution in [0.3, 0.4) is 0 Å². The summed E-state index contributed by atoms with van der Waals surface area (Å²) in [6, 6.07) is 0. The fourth-order valence-electron chi connectivity index (χ4n) is 1.55. The summed E-state index contributed by atoms with van der Waals surface area (Å²) in [4.78, 5) is 15.9. The van der Waals surface area contributed by atoms with Gasteiger partial charge in [0.15, 0.2) is 5.96 Å². The number of hydrogen-bond acceptors (Lipinski definition) is 4. The van der Waals surface area contributed by atoms with Crippen molar-refractivity contribution in [3.8, 4) is 0 Å². The molecule has 0 aromatic carbocycles. The van der Waals surface area contributed by atoms with Crippen LogP contribution in [0.4, 0.5) is 0 Å². The zero-order valence-electron chi connectivity index (χ0n) is 12.0. The summed E-state index contributed by atoms with van der Waals surface area (Å²) in [7, 11) is 0. The normalized spacial score (nSPS) is 17.9. The number of carbonyl (C=O) groups excluding carboxylic acids is 1. The van der Waals surface area contributed by atoms with Crippen molar-refractivity contribution in [1.82, 2.24) is 16.0 Å². The Labute approximate surface area is 110 Å². The Hall–Kier alpha value is -1.26. The van der Waals surface area contributed by atoms with Crippen molar-refractivity contribution in [2.24, 2.45) is 16.3 Å². The monoisotopic (exact) mass is 254 g/mol. The third-order valence-electron chi connectivity index (χ3n) is 2.75. The van der Waals surface area contributed by atoms with Crippen LogP contribution in [0.2, 0.25) is 0 Å². The van der Waals surface area contributed by atoms with Gasteiger partial charge in [0.1, 0.15) is 0 Å². The molecule has 5 nitrogen and oxygen atoms in total. The van der Waals surface area contributed by atoms with Crippen LogP contribution in [0, 0.1) is 11.3 Å². The lowest BCUT2D eigenvalue weighted by molar-refractivity contribution is -0.121. The Morgan fingerprint density at radius 3 is 2.78 bits per heavy atom. The Morgan fingerprint density at radius 2 is 2.22 bits per heavy atom. The van der Waals surface area contributed by atoms with Gasteiger partial charge in [-0.15, -0.1) is 0 Å².